The Morgan fingerprint density at radius 2 is 2.18 bits per heavy atom. The van der Waals surface area contributed by atoms with Crippen molar-refractivity contribution in [2.75, 3.05) is 0 Å². The maximum atomic E-state index is 13.6. The van der Waals surface area contributed by atoms with Gasteiger partial charge in [0.1, 0.15) is 18.2 Å². The van der Waals surface area contributed by atoms with Crippen LogP contribution < -0.4 is 4.74 Å². The van der Waals surface area contributed by atoms with E-state index >= 15 is 0 Å². The van der Waals surface area contributed by atoms with Crippen molar-refractivity contribution in [1.82, 2.24) is 0 Å². The zero-order chi connectivity index (χ0) is 12.3. The molecule has 0 saturated carbocycles. The molecule has 2 aromatic rings. The van der Waals surface area contributed by atoms with Crippen molar-refractivity contribution in [1.29, 1.82) is 0 Å². The van der Waals surface area contributed by atoms with Gasteiger partial charge in [-0.2, -0.15) is 0 Å². The third kappa shape index (κ3) is 2.77. The number of halogens is 2. The van der Waals surface area contributed by atoms with Crippen LogP contribution in [0, 0.1) is 18.8 Å². The Labute approximate surface area is 105 Å². The summed E-state index contributed by atoms with van der Waals surface area (Å²) < 4.78 is 19.0. The van der Waals surface area contributed by atoms with Crippen molar-refractivity contribution in [3.8, 4) is 5.75 Å². The van der Waals surface area contributed by atoms with Gasteiger partial charge in [0.05, 0.1) is 5.02 Å². The fourth-order valence-corrected chi connectivity index (χ4v) is 1.68. The normalized spacial score (nSPS) is 10.3. The van der Waals surface area contributed by atoms with Gasteiger partial charge in [-0.25, -0.2) is 4.39 Å². The number of rotatable bonds is 3. The lowest BCUT2D eigenvalue weighted by atomic mass is 10.1. The molecule has 0 unspecified atom stereocenters. The second-order valence-electron chi connectivity index (χ2n) is 3.68. The molecule has 87 valence electrons. The second-order valence-corrected chi connectivity index (χ2v) is 4.06. The fraction of sp³-hybridized carbons (Fsp3) is 0.143. The van der Waals surface area contributed by atoms with E-state index < -0.39 is 0 Å². The van der Waals surface area contributed by atoms with E-state index in [1.54, 1.807) is 24.3 Å². The van der Waals surface area contributed by atoms with Gasteiger partial charge >= 0.3 is 0 Å². The van der Waals surface area contributed by atoms with Gasteiger partial charge in [-0.3, -0.25) is 0 Å². The Morgan fingerprint density at radius 3 is 2.88 bits per heavy atom. The molecule has 0 saturated heterocycles. The SMILES string of the molecule is Cc1ccc(F)c(COc2c[c]ccc2)c1Cl. The summed E-state index contributed by atoms with van der Waals surface area (Å²) in [4.78, 5) is 0. The van der Waals surface area contributed by atoms with Crippen LogP contribution in [0.4, 0.5) is 4.39 Å². The van der Waals surface area contributed by atoms with Crippen molar-refractivity contribution in [2.45, 2.75) is 13.5 Å². The van der Waals surface area contributed by atoms with Crippen molar-refractivity contribution in [2.24, 2.45) is 0 Å². The number of ether oxygens (including phenoxy) is 1. The van der Waals surface area contributed by atoms with E-state index in [2.05, 4.69) is 6.07 Å². The van der Waals surface area contributed by atoms with E-state index in [1.165, 1.54) is 6.07 Å². The molecule has 0 N–H and O–H groups in total. The van der Waals surface area contributed by atoms with Crippen molar-refractivity contribution in [3.63, 3.8) is 0 Å². The highest BCUT2D eigenvalue weighted by atomic mass is 35.5. The lowest BCUT2D eigenvalue weighted by Gasteiger charge is -2.10. The lowest BCUT2D eigenvalue weighted by molar-refractivity contribution is 0.300. The number of hydrogen-bond donors (Lipinski definition) is 0. The Balaban J connectivity index is 2.17. The van der Waals surface area contributed by atoms with Crippen LogP contribution in [0.2, 0.25) is 5.02 Å². The second kappa shape index (κ2) is 5.19. The van der Waals surface area contributed by atoms with E-state index in [0.29, 0.717) is 16.3 Å². The summed E-state index contributed by atoms with van der Waals surface area (Å²) in [6.07, 6.45) is 0. The van der Waals surface area contributed by atoms with Crippen LogP contribution in [0.1, 0.15) is 11.1 Å². The molecule has 2 aromatic carbocycles. The van der Waals surface area contributed by atoms with Gasteiger partial charge in [-0.1, -0.05) is 29.8 Å². The molecule has 0 atom stereocenters. The van der Waals surface area contributed by atoms with E-state index in [4.69, 9.17) is 16.3 Å². The first-order valence-corrected chi connectivity index (χ1v) is 5.58. The predicted molar refractivity (Wildman–Crippen MR) is 65.8 cm³/mol. The molecule has 0 heterocycles. The number of benzene rings is 2. The number of aryl methyl sites for hydroxylation is 1. The van der Waals surface area contributed by atoms with Crippen LogP contribution >= 0.6 is 11.6 Å². The number of hydrogen-bond acceptors (Lipinski definition) is 1. The smallest absolute Gasteiger partial charge is 0.131 e. The molecule has 2 rings (SSSR count). The Morgan fingerprint density at radius 1 is 1.35 bits per heavy atom. The van der Waals surface area contributed by atoms with E-state index in [0.717, 1.165) is 5.56 Å². The Hall–Kier alpha value is -1.54. The topological polar surface area (TPSA) is 9.23 Å². The molecule has 0 amide bonds. The van der Waals surface area contributed by atoms with Gasteiger partial charge in [-0.15, -0.1) is 0 Å². The summed E-state index contributed by atoms with van der Waals surface area (Å²) in [6.45, 7) is 1.95. The summed E-state index contributed by atoms with van der Waals surface area (Å²) in [5, 5.41) is 0.421. The molecule has 3 heteroatoms. The lowest BCUT2D eigenvalue weighted by Crippen LogP contribution is -2.00. The summed E-state index contributed by atoms with van der Waals surface area (Å²) in [5.41, 5.74) is 1.22. The third-order valence-corrected chi connectivity index (χ3v) is 2.97. The molecule has 1 radical (unpaired) electrons. The zero-order valence-electron chi connectivity index (χ0n) is 9.34. The Kier molecular flexibility index (Phi) is 3.64. The maximum Gasteiger partial charge on any atom is 0.131 e. The highest BCUT2D eigenvalue weighted by molar-refractivity contribution is 6.32. The minimum absolute atomic E-state index is 0.115. The van der Waals surface area contributed by atoms with Gasteiger partial charge < -0.3 is 4.74 Å². The first-order valence-electron chi connectivity index (χ1n) is 5.21. The Bertz CT molecular complexity index is 511. The van der Waals surface area contributed by atoms with Crippen LogP contribution in [-0.4, -0.2) is 0 Å². The first kappa shape index (κ1) is 11.9. The largest absolute Gasteiger partial charge is 0.489 e. The molecule has 1 nitrogen and oxygen atoms in total. The molecule has 17 heavy (non-hydrogen) atoms. The van der Waals surface area contributed by atoms with Crippen molar-refractivity contribution < 1.29 is 9.13 Å². The first-order chi connectivity index (χ1) is 8.18. The molecular formula is C14H11ClFO. The summed E-state index contributed by atoms with van der Waals surface area (Å²) in [5.74, 6) is 0.296. The molecule has 0 aromatic heterocycles. The van der Waals surface area contributed by atoms with Gasteiger partial charge in [0, 0.05) is 5.56 Å². The molecular weight excluding hydrogens is 239 g/mol. The van der Waals surface area contributed by atoms with Gasteiger partial charge in [0.25, 0.3) is 0 Å². The quantitative estimate of drug-likeness (QED) is 0.793. The molecule has 0 aliphatic carbocycles. The van der Waals surface area contributed by atoms with E-state index in [9.17, 15) is 4.39 Å². The van der Waals surface area contributed by atoms with E-state index in [1.807, 2.05) is 13.0 Å². The average molecular weight is 250 g/mol. The third-order valence-electron chi connectivity index (χ3n) is 2.44. The van der Waals surface area contributed by atoms with Gasteiger partial charge in [0.2, 0.25) is 0 Å². The monoisotopic (exact) mass is 249 g/mol. The van der Waals surface area contributed by atoms with Crippen LogP contribution in [0.25, 0.3) is 0 Å². The molecule has 0 bridgehead atoms. The zero-order valence-corrected chi connectivity index (χ0v) is 10.1. The van der Waals surface area contributed by atoms with Gasteiger partial charge in [0.15, 0.2) is 0 Å². The van der Waals surface area contributed by atoms with Crippen molar-refractivity contribution >= 4 is 11.6 Å². The fourth-order valence-electron chi connectivity index (χ4n) is 1.47. The van der Waals surface area contributed by atoms with Crippen LogP contribution in [0.5, 0.6) is 5.75 Å². The summed E-state index contributed by atoms with van der Waals surface area (Å²) in [6, 6.07) is 13.0. The molecule has 0 aliphatic heterocycles. The standard InChI is InChI=1S/C14H11ClFO/c1-10-7-8-13(16)12(14(10)15)9-17-11-5-3-2-4-6-11/h2-3,5-8H,9H2,1H3. The average Bonchev–Trinajstić information content (AvgIpc) is 2.35. The maximum absolute atomic E-state index is 13.6. The van der Waals surface area contributed by atoms with E-state index in [-0.39, 0.29) is 12.4 Å². The van der Waals surface area contributed by atoms with Crippen molar-refractivity contribution in [3.05, 3.63) is 64.4 Å². The molecule has 0 aliphatic rings. The summed E-state index contributed by atoms with van der Waals surface area (Å²) >= 11 is 6.04. The molecule has 0 spiro atoms. The summed E-state index contributed by atoms with van der Waals surface area (Å²) in [7, 11) is 0. The van der Waals surface area contributed by atoms with Crippen LogP contribution in [-0.2, 0) is 6.61 Å². The molecule has 0 fully saturated rings. The minimum Gasteiger partial charge on any atom is -0.489 e. The van der Waals surface area contributed by atoms with Gasteiger partial charge in [-0.05, 0) is 36.8 Å². The highest BCUT2D eigenvalue weighted by Crippen LogP contribution is 2.24. The van der Waals surface area contributed by atoms with Crippen LogP contribution in [0.15, 0.2) is 36.4 Å². The highest BCUT2D eigenvalue weighted by Gasteiger charge is 2.10. The predicted octanol–water partition coefficient (Wildman–Crippen LogP) is 4.17. The minimum atomic E-state index is -0.347. The van der Waals surface area contributed by atoms with Crippen LogP contribution in [0.3, 0.4) is 0 Å².